The Morgan fingerprint density at radius 1 is 1.41 bits per heavy atom. The zero-order valence-electron chi connectivity index (χ0n) is 16.4. The summed E-state index contributed by atoms with van der Waals surface area (Å²) in [5.41, 5.74) is 6.81. The van der Waals surface area contributed by atoms with Gasteiger partial charge in [-0.3, -0.25) is 4.57 Å². The number of unbranched alkanes of at least 4 members (excludes halogenated alkanes) is 1. The average Bonchev–Trinajstić information content (AvgIpc) is 2.96. The number of hydrogen-bond acceptors (Lipinski definition) is 6. The maximum Gasteiger partial charge on any atom is 0.327 e. The summed E-state index contributed by atoms with van der Waals surface area (Å²) < 4.78 is 12.9. The molecule has 2 atom stereocenters. The standard InChI is InChI=1S/C19H31N5O3/c1-3-7-13(2)27-18-22-16(20)15-17(23-18)24(19(25)21-15)10-5-4-8-14-9-6-11-26-12-14/h13-14H,3-12H2,1-2H3,(H,21,25)(H2,20,22,23)/t13-,14?/m0/s1. The molecule has 8 heteroatoms. The van der Waals surface area contributed by atoms with Gasteiger partial charge in [-0.2, -0.15) is 9.97 Å². The predicted octanol–water partition coefficient (Wildman–Crippen LogP) is 2.87. The average molecular weight is 377 g/mol. The molecular formula is C19H31N5O3. The Balaban J connectivity index is 1.67. The number of ether oxygens (including phenoxy) is 2. The molecule has 3 rings (SSSR count). The Bertz CT molecular complexity index is 794. The smallest absolute Gasteiger partial charge is 0.327 e. The lowest BCUT2D eigenvalue weighted by atomic mass is 9.96. The predicted molar refractivity (Wildman–Crippen MR) is 105 cm³/mol. The zero-order valence-corrected chi connectivity index (χ0v) is 16.4. The van der Waals surface area contributed by atoms with E-state index >= 15 is 0 Å². The van der Waals surface area contributed by atoms with Gasteiger partial charge in [-0.1, -0.05) is 19.8 Å². The molecule has 8 nitrogen and oxygen atoms in total. The van der Waals surface area contributed by atoms with Crippen molar-refractivity contribution in [1.29, 1.82) is 0 Å². The second-order valence-electron chi connectivity index (χ2n) is 7.47. The lowest BCUT2D eigenvalue weighted by Gasteiger charge is -2.21. The van der Waals surface area contributed by atoms with Gasteiger partial charge in [0.25, 0.3) is 0 Å². The minimum Gasteiger partial charge on any atom is -0.460 e. The van der Waals surface area contributed by atoms with E-state index in [4.69, 9.17) is 15.2 Å². The van der Waals surface area contributed by atoms with Crippen LogP contribution in [0.15, 0.2) is 4.79 Å². The number of nitrogens with zero attached hydrogens (tertiary/aromatic N) is 3. The molecule has 1 fully saturated rings. The summed E-state index contributed by atoms with van der Waals surface area (Å²) >= 11 is 0. The highest BCUT2D eigenvalue weighted by Gasteiger charge is 2.17. The minimum absolute atomic E-state index is 0.00340. The number of fused-ring (bicyclic) bond motifs is 1. The van der Waals surface area contributed by atoms with E-state index in [9.17, 15) is 4.79 Å². The van der Waals surface area contributed by atoms with Crippen LogP contribution in [0.3, 0.4) is 0 Å². The van der Waals surface area contributed by atoms with Gasteiger partial charge in [0, 0.05) is 19.8 Å². The molecule has 2 aromatic rings. The summed E-state index contributed by atoms with van der Waals surface area (Å²) in [6.07, 6.45) is 7.43. The molecule has 1 unspecified atom stereocenters. The summed E-state index contributed by atoms with van der Waals surface area (Å²) in [5, 5.41) is 0. The topological polar surface area (TPSA) is 108 Å². The minimum atomic E-state index is -0.203. The Morgan fingerprint density at radius 2 is 2.26 bits per heavy atom. The molecule has 27 heavy (non-hydrogen) atoms. The van der Waals surface area contributed by atoms with E-state index < -0.39 is 0 Å². The van der Waals surface area contributed by atoms with Crippen molar-refractivity contribution in [1.82, 2.24) is 19.5 Å². The van der Waals surface area contributed by atoms with E-state index in [1.54, 1.807) is 4.57 Å². The monoisotopic (exact) mass is 377 g/mol. The number of nitrogen functional groups attached to an aromatic ring is 1. The molecule has 1 saturated heterocycles. The second kappa shape index (κ2) is 9.21. The van der Waals surface area contributed by atoms with Gasteiger partial charge >= 0.3 is 11.7 Å². The molecule has 3 heterocycles. The molecule has 0 amide bonds. The summed E-state index contributed by atoms with van der Waals surface area (Å²) in [6, 6.07) is 0.230. The van der Waals surface area contributed by atoms with Crippen molar-refractivity contribution in [2.45, 2.75) is 71.4 Å². The number of nitrogens with two attached hydrogens (primary N) is 1. The molecule has 0 spiro atoms. The van der Waals surface area contributed by atoms with Crippen molar-refractivity contribution in [2.75, 3.05) is 18.9 Å². The van der Waals surface area contributed by atoms with Crippen molar-refractivity contribution in [2.24, 2.45) is 5.92 Å². The largest absolute Gasteiger partial charge is 0.460 e. The number of anilines is 1. The van der Waals surface area contributed by atoms with Crippen LogP contribution < -0.4 is 16.2 Å². The maximum absolute atomic E-state index is 12.3. The Labute approximate surface area is 159 Å². The van der Waals surface area contributed by atoms with Gasteiger partial charge in [0.1, 0.15) is 5.52 Å². The highest BCUT2D eigenvalue weighted by Crippen LogP contribution is 2.21. The van der Waals surface area contributed by atoms with Crippen LogP contribution in [0.4, 0.5) is 5.82 Å². The van der Waals surface area contributed by atoms with E-state index in [0.717, 1.165) is 51.7 Å². The first-order valence-corrected chi connectivity index (χ1v) is 10.1. The lowest BCUT2D eigenvalue weighted by molar-refractivity contribution is 0.0506. The quantitative estimate of drug-likeness (QED) is 0.651. The van der Waals surface area contributed by atoms with Crippen molar-refractivity contribution >= 4 is 17.0 Å². The Kier molecular flexibility index (Phi) is 6.71. The first kappa shape index (κ1) is 19.7. The number of aryl methyl sites for hydroxylation is 1. The van der Waals surface area contributed by atoms with Crippen molar-refractivity contribution < 1.29 is 9.47 Å². The molecule has 1 aliphatic heterocycles. The molecule has 0 aromatic carbocycles. The molecular weight excluding hydrogens is 346 g/mol. The van der Waals surface area contributed by atoms with Gasteiger partial charge in [-0.05, 0) is 44.9 Å². The molecule has 0 saturated carbocycles. The van der Waals surface area contributed by atoms with Crippen molar-refractivity contribution in [3.05, 3.63) is 10.5 Å². The van der Waals surface area contributed by atoms with Crippen LogP contribution in [0.25, 0.3) is 11.2 Å². The van der Waals surface area contributed by atoms with Gasteiger partial charge < -0.3 is 20.2 Å². The van der Waals surface area contributed by atoms with Crippen LogP contribution >= 0.6 is 0 Å². The van der Waals surface area contributed by atoms with Crippen molar-refractivity contribution in [3.8, 4) is 6.01 Å². The summed E-state index contributed by atoms with van der Waals surface area (Å²) in [5.74, 6) is 0.894. The van der Waals surface area contributed by atoms with Crippen LogP contribution in [0.2, 0.25) is 0 Å². The molecule has 1 aliphatic rings. The van der Waals surface area contributed by atoms with Crippen LogP contribution in [-0.4, -0.2) is 38.8 Å². The number of hydrogen-bond donors (Lipinski definition) is 2. The van der Waals surface area contributed by atoms with Crippen LogP contribution in [0.1, 0.15) is 58.8 Å². The zero-order chi connectivity index (χ0) is 19.2. The third-order valence-electron chi connectivity index (χ3n) is 5.13. The van der Waals surface area contributed by atoms with Gasteiger partial charge in [-0.15, -0.1) is 0 Å². The fourth-order valence-electron chi connectivity index (χ4n) is 3.67. The molecule has 0 bridgehead atoms. The highest BCUT2D eigenvalue weighted by molar-refractivity contribution is 5.81. The summed E-state index contributed by atoms with van der Waals surface area (Å²) in [4.78, 5) is 23.7. The van der Waals surface area contributed by atoms with E-state index in [-0.39, 0.29) is 23.6 Å². The second-order valence-corrected chi connectivity index (χ2v) is 7.47. The van der Waals surface area contributed by atoms with Crippen LogP contribution in [-0.2, 0) is 11.3 Å². The van der Waals surface area contributed by atoms with E-state index in [1.165, 1.54) is 6.42 Å². The molecule has 3 N–H and O–H groups in total. The number of rotatable bonds is 9. The molecule has 150 valence electrons. The Morgan fingerprint density at radius 3 is 3.00 bits per heavy atom. The van der Waals surface area contributed by atoms with Gasteiger partial charge in [0.05, 0.1) is 6.10 Å². The van der Waals surface area contributed by atoms with E-state index in [2.05, 4.69) is 21.9 Å². The SMILES string of the molecule is CCC[C@H](C)Oc1nc(N)c2[nH]c(=O)n(CCCCC3CCCOC3)c2n1. The number of nitrogens with one attached hydrogen (secondary N) is 1. The number of aromatic amines is 1. The fourth-order valence-corrected chi connectivity index (χ4v) is 3.67. The first-order valence-electron chi connectivity index (χ1n) is 10.1. The summed E-state index contributed by atoms with van der Waals surface area (Å²) in [6.45, 7) is 6.44. The van der Waals surface area contributed by atoms with Crippen LogP contribution in [0.5, 0.6) is 6.01 Å². The third kappa shape index (κ3) is 5.00. The van der Waals surface area contributed by atoms with E-state index in [0.29, 0.717) is 23.6 Å². The molecule has 0 radical (unpaired) electrons. The maximum atomic E-state index is 12.3. The Hall–Kier alpha value is -2.09. The van der Waals surface area contributed by atoms with Crippen LogP contribution in [0, 0.1) is 5.92 Å². The molecule has 0 aliphatic carbocycles. The van der Waals surface area contributed by atoms with Crippen molar-refractivity contribution in [3.63, 3.8) is 0 Å². The number of H-pyrrole nitrogens is 1. The fraction of sp³-hybridized carbons (Fsp3) is 0.737. The summed E-state index contributed by atoms with van der Waals surface area (Å²) in [7, 11) is 0. The lowest BCUT2D eigenvalue weighted by Crippen LogP contribution is -2.19. The highest BCUT2D eigenvalue weighted by atomic mass is 16.5. The van der Waals surface area contributed by atoms with Gasteiger partial charge in [0.2, 0.25) is 0 Å². The molecule has 2 aromatic heterocycles. The van der Waals surface area contributed by atoms with E-state index in [1.807, 2.05) is 6.92 Å². The van der Waals surface area contributed by atoms with Gasteiger partial charge in [-0.25, -0.2) is 4.79 Å². The number of aromatic nitrogens is 4. The third-order valence-corrected chi connectivity index (χ3v) is 5.13. The normalized spacial score (nSPS) is 18.7. The first-order chi connectivity index (χ1) is 13.1. The van der Waals surface area contributed by atoms with Gasteiger partial charge in [0.15, 0.2) is 11.5 Å². The number of imidazole rings is 1.